The van der Waals surface area contributed by atoms with E-state index in [-0.39, 0.29) is 6.10 Å². The lowest BCUT2D eigenvalue weighted by molar-refractivity contribution is 0.183. The van der Waals surface area contributed by atoms with Crippen molar-refractivity contribution in [3.05, 3.63) is 12.4 Å². The molecule has 1 atom stereocenters. The molecule has 0 aliphatic heterocycles. The van der Waals surface area contributed by atoms with Crippen LogP contribution < -0.4 is 10.6 Å². The summed E-state index contributed by atoms with van der Waals surface area (Å²) >= 11 is 0. The molecule has 84 valence electrons. The number of nitrogens with zero attached hydrogens (tertiary/aromatic N) is 2. The summed E-state index contributed by atoms with van der Waals surface area (Å²) in [5.41, 5.74) is 0. The van der Waals surface area contributed by atoms with Gasteiger partial charge in [-0.25, -0.2) is 4.98 Å². The Morgan fingerprint density at radius 3 is 2.80 bits per heavy atom. The van der Waals surface area contributed by atoms with E-state index in [9.17, 15) is 0 Å². The Morgan fingerprint density at radius 2 is 2.13 bits per heavy atom. The molecule has 5 nitrogen and oxygen atoms in total. The second-order valence-corrected chi connectivity index (χ2v) is 3.46. The Morgan fingerprint density at radius 1 is 1.40 bits per heavy atom. The fourth-order valence-electron chi connectivity index (χ4n) is 1.19. The number of rotatable bonds is 6. The first kappa shape index (κ1) is 11.7. The zero-order valence-corrected chi connectivity index (χ0v) is 9.20. The molecule has 1 rings (SSSR count). The summed E-state index contributed by atoms with van der Waals surface area (Å²) in [6, 6.07) is 0. The van der Waals surface area contributed by atoms with Crippen LogP contribution in [0.15, 0.2) is 12.4 Å². The molecule has 0 saturated heterocycles. The number of anilines is 2. The van der Waals surface area contributed by atoms with Gasteiger partial charge in [0.2, 0.25) is 0 Å². The van der Waals surface area contributed by atoms with Crippen molar-refractivity contribution in [2.45, 2.75) is 25.9 Å². The summed E-state index contributed by atoms with van der Waals surface area (Å²) in [7, 11) is 1.81. The molecule has 0 bridgehead atoms. The topological polar surface area (TPSA) is 70.1 Å². The number of aliphatic hydroxyl groups excluding tert-OH is 1. The molecule has 0 saturated carbocycles. The van der Waals surface area contributed by atoms with Crippen molar-refractivity contribution in [3.63, 3.8) is 0 Å². The molecule has 0 amide bonds. The lowest BCUT2D eigenvalue weighted by Crippen LogP contribution is -2.08. The zero-order chi connectivity index (χ0) is 11.1. The van der Waals surface area contributed by atoms with Crippen LogP contribution in [0.1, 0.15) is 19.8 Å². The van der Waals surface area contributed by atoms with Gasteiger partial charge in [-0.3, -0.25) is 4.98 Å². The van der Waals surface area contributed by atoms with Crippen LogP contribution in [0.3, 0.4) is 0 Å². The normalized spacial score (nSPS) is 12.2. The minimum atomic E-state index is -0.235. The van der Waals surface area contributed by atoms with Gasteiger partial charge < -0.3 is 15.7 Å². The van der Waals surface area contributed by atoms with E-state index in [4.69, 9.17) is 5.11 Å². The van der Waals surface area contributed by atoms with Gasteiger partial charge in [-0.15, -0.1) is 0 Å². The molecule has 0 fully saturated rings. The number of nitrogens with one attached hydrogen (secondary N) is 2. The van der Waals surface area contributed by atoms with Crippen molar-refractivity contribution in [1.29, 1.82) is 0 Å². The van der Waals surface area contributed by atoms with Crippen molar-refractivity contribution in [2.75, 3.05) is 24.2 Å². The molecule has 0 aliphatic carbocycles. The summed E-state index contributed by atoms with van der Waals surface area (Å²) in [5, 5.41) is 15.1. The number of aliphatic hydroxyl groups is 1. The summed E-state index contributed by atoms with van der Waals surface area (Å²) in [6.07, 6.45) is 4.83. The van der Waals surface area contributed by atoms with Gasteiger partial charge in [-0.1, -0.05) is 0 Å². The van der Waals surface area contributed by atoms with Gasteiger partial charge in [0, 0.05) is 13.6 Å². The van der Waals surface area contributed by atoms with Gasteiger partial charge in [0.05, 0.1) is 18.5 Å². The molecule has 0 spiro atoms. The Labute approximate surface area is 90.0 Å². The largest absolute Gasteiger partial charge is 0.393 e. The van der Waals surface area contributed by atoms with Gasteiger partial charge in [0.25, 0.3) is 0 Å². The Hall–Kier alpha value is -1.36. The molecule has 3 N–H and O–H groups in total. The minimum absolute atomic E-state index is 0.235. The van der Waals surface area contributed by atoms with Crippen molar-refractivity contribution in [1.82, 2.24) is 9.97 Å². The fraction of sp³-hybridized carbons (Fsp3) is 0.600. The minimum Gasteiger partial charge on any atom is -0.393 e. The van der Waals surface area contributed by atoms with E-state index in [0.29, 0.717) is 0 Å². The van der Waals surface area contributed by atoms with Gasteiger partial charge >= 0.3 is 0 Å². The SMILES string of the molecule is CNc1cncc(NCCCC(C)O)n1. The van der Waals surface area contributed by atoms with Crippen LogP contribution in [0.5, 0.6) is 0 Å². The summed E-state index contributed by atoms with van der Waals surface area (Å²) in [4.78, 5) is 8.29. The fourth-order valence-corrected chi connectivity index (χ4v) is 1.19. The summed E-state index contributed by atoms with van der Waals surface area (Å²) in [6.45, 7) is 2.59. The first-order valence-corrected chi connectivity index (χ1v) is 5.14. The molecule has 0 aliphatic rings. The quantitative estimate of drug-likeness (QED) is 0.613. The Kier molecular flexibility index (Phi) is 4.83. The maximum absolute atomic E-state index is 9.07. The van der Waals surface area contributed by atoms with Crippen LogP contribution in [0.4, 0.5) is 11.6 Å². The highest BCUT2D eigenvalue weighted by molar-refractivity contribution is 5.40. The third kappa shape index (κ3) is 4.60. The molecular weight excluding hydrogens is 192 g/mol. The van der Waals surface area contributed by atoms with Crippen molar-refractivity contribution < 1.29 is 5.11 Å². The average molecular weight is 210 g/mol. The highest BCUT2D eigenvalue weighted by atomic mass is 16.3. The molecule has 1 aromatic rings. The first-order valence-electron chi connectivity index (χ1n) is 5.14. The Bertz CT molecular complexity index is 291. The van der Waals surface area contributed by atoms with Gasteiger partial charge in [-0.2, -0.15) is 0 Å². The molecule has 1 unspecified atom stereocenters. The van der Waals surface area contributed by atoms with Crippen LogP contribution in [-0.2, 0) is 0 Å². The summed E-state index contributed by atoms with van der Waals surface area (Å²) in [5.74, 6) is 1.50. The number of hydrogen-bond donors (Lipinski definition) is 3. The first-order chi connectivity index (χ1) is 7.22. The van der Waals surface area contributed by atoms with Crippen LogP contribution in [0.25, 0.3) is 0 Å². The van der Waals surface area contributed by atoms with Crippen molar-refractivity contribution in [2.24, 2.45) is 0 Å². The van der Waals surface area contributed by atoms with Crippen LogP contribution in [-0.4, -0.2) is 34.8 Å². The maximum Gasteiger partial charge on any atom is 0.146 e. The third-order valence-corrected chi connectivity index (χ3v) is 2.00. The van der Waals surface area contributed by atoms with E-state index in [0.717, 1.165) is 31.0 Å². The predicted octanol–water partition coefficient (Wildman–Crippen LogP) is 1.09. The van der Waals surface area contributed by atoms with E-state index >= 15 is 0 Å². The highest BCUT2D eigenvalue weighted by Crippen LogP contribution is 2.06. The van der Waals surface area contributed by atoms with E-state index in [1.807, 2.05) is 0 Å². The van der Waals surface area contributed by atoms with E-state index in [1.54, 1.807) is 26.4 Å². The third-order valence-electron chi connectivity index (χ3n) is 2.00. The van der Waals surface area contributed by atoms with Crippen molar-refractivity contribution in [3.8, 4) is 0 Å². The Balaban J connectivity index is 2.30. The summed E-state index contributed by atoms with van der Waals surface area (Å²) < 4.78 is 0. The van der Waals surface area contributed by atoms with Gasteiger partial charge in [-0.05, 0) is 19.8 Å². The standard InChI is InChI=1S/C10H18N4O/c1-8(15)4-3-5-13-10-7-12-6-9(11-2)14-10/h6-8,15H,3-5H2,1-2H3,(H2,11,13,14). The monoisotopic (exact) mass is 210 g/mol. The number of hydrogen-bond acceptors (Lipinski definition) is 5. The molecular formula is C10H18N4O. The zero-order valence-electron chi connectivity index (χ0n) is 9.20. The number of aromatic nitrogens is 2. The lowest BCUT2D eigenvalue weighted by atomic mass is 10.2. The van der Waals surface area contributed by atoms with E-state index in [1.165, 1.54) is 0 Å². The maximum atomic E-state index is 9.07. The smallest absolute Gasteiger partial charge is 0.146 e. The van der Waals surface area contributed by atoms with Crippen LogP contribution >= 0.6 is 0 Å². The van der Waals surface area contributed by atoms with Crippen LogP contribution in [0, 0.1) is 0 Å². The van der Waals surface area contributed by atoms with E-state index in [2.05, 4.69) is 20.6 Å². The average Bonchev–Trinajstić information content (AvgIpc) is 2.24. The van der Waals surface area contributed by atoms with Crippen molar-refractivity contribution >= 4 is 11.6 Å². The van der Waals surface area contributed by atoms with Gasteiger partial charge in [0.1, 0.15) is 11.6 Å². The molecule has 0 radical (unpaired) electrons. The molecule has 5 heteroatoms. The lowest BCUT2D eigenvalue weighted by Gasteiger charge is -2.07. The van der Waals surface area contributed by atoms with Crippen LogP contribution in [0.2, 0.25) is 0 Å². The molecule has 15 heavy (non-hydrogen) atoms. The molecule has 1 heterocycles. The second kappa shape index (κ2) is 6.19. The second-order valence-electron chi connectivity index (χ2n) is 3.46. The predicted molar refractivity (Wildman–Crippen MR) is 61.0 cm³/mol. The highest BCUT2D eigenvalue weighted by Gasteiger charge is 1.98. The van der Waals surface area contributed by atoms with Gasteiger partial charge in [0.15, 0.2) is 0 Å². The van der Waals surface area contributed by atoms with E-state index < -0.39 is 0 Å². The molecule has 1 aromatic heterocycles. The molecule has 0 aromatic carbocycles.